The van der Waals surface area contributed by atoms with Gasteiger partial charge in [0.05, 0.1) is 0 Å². The van der Waals surface area contributed by atoms with Crippen molar-refractivity contribution in [1.82, 2.24) is 10.2 Å². The van der Waals surface area contributed by atoms with Gasteiger partial charge in [-0.05, 0) is 80.5 Å². The largest absolute Gasteiger partial charge is 0.372 e. The predicted octanol–water partition coefficient (Wildman–Crippen LogP) is 4.03. The van der Waals surface area contributed by atoms with Crippen LogP contribution in [0.3, 0.4) is 0 Å². The lowest BCUT2D eigenvalue weighted by Gasteiger charge is -2.31. The van der Waals surface area contributed by atoms with Crippen molar-refractivity contribution in [3.8, 4) is 0 Å². The van der Waals surface area contributed by atoms with Gasteiger partial charge >= 0.3 is 0 Å². The van der Waals surface area contributed by atoms with E-state index in [9.17, 15) is 14.0 Å². The Morgan fingerprint density at radius 1 is 0.875 bits per heavy atom. The zero-order valence-electron chi connectivity index (χ0n) is 18.6. The van der Waals surface area contributed by atoms with Gasteiger partial charge in [0.2, 0.25) is 5.91 Å². The summed E-state index contributed by atoms with van der Waals surface area (Å²) in [5.74, 6) is -0.440. The van der Waals surface area contributed by atoms with Crippen molar-refractivity contribution in [2.75, 3.05) is 37.6 Å². The van der Waals surface area contributed by atoms with E-state index >= 15 is 0 Å². The van der Waals surface area contributed by atoms with Crippen LogP contribution in [0, 0.1) is 11.7 Å². The number of nitrogens with zero attached hydrogens (tertiary/aromatic N) is 2. The molecule has 0 bridgehead atoms. The van der Waals surface area contributed by atoms with Gasteiger partial charge in [-0.2, -0.15) is 0 Å². The molecule has 1 N–H and O–H groups in total. The van der Waals surface area contributed by atoms with E-state index < -0.39 is 0 Å². The number of hydrogen-bond acceptors (Lipinski definition) is 3. The smallest absolute Gasteiger partial charge is 0.253 e. The molecular formula is C26H32FN3O2. The SMILES string of the molecule is O=C(NCCc1ccc(N2CCCCC2)cc1)C1CCN(C(=O)c2ccc(F)cc2)CC1. The number of amides is 2. The van der Waals surface area contributed by atoms with Crippen LogP contribution < -0.4 is 10.2 Å². The minimum atomic E-state index is -0.352. The van der Waals surface area contributed by atoms with Crippen LogP contribution in [0.4, 0.5) is 10.1 Å². The average molecular weight is 438 g/mol. The quantitative estimate of drug-likeness (QED) is 0.743. The molecule has 2 saturated heterocycles. The van der Waals surface area contributed by atoms with Gasteiger partial charge in [-0.15, -0.1) is 0 Å². The van der Waals surface area contributed by atoms with Crippen molar-refractivity contribution < 1.29 is 14.0 Å². The molecule has 6 heteroatoms. The Bertz CT molecular complexity index is 900. The molecule has 2 heterocycles. The minimum absolute atomic E-state index is 0.0613. The molecule has 5 nitrogen and oxygen atoms in total. The van der Waals surface area contributed by atoms with Crippen LogP contribution in [0.15, 0.2) is 48.5 Å². The van der Waals surface area contributed by atoms with Gasteiger partial charge in [0.1, 0.15) is 5.82 Å². The average Bonchev–Trinajstić information content (AvgIpc) is 2.85. The summed E-state index contributed by atoms with van der Waals surface area (Å²) in [5.41, 5.74) is 3.01. The van der Waals surface area contributed by atoms with Crippen LogP contribution in [0.1, 0.15) is 48.0 Å². The molecule has 0 radical (unpaired) electrons. The maximum atomic E-state index is 13.1. The fourth-order valence-electron chi connectivity index (χ4n) is 4.62. The standard InChI is InChI=1S/C26H32FN3O2/c27-23-8-6-22(7-9-23)26(32)30-18-13-21(14-19-30)25(31)28-15-12-20-4-10-24(11-5-20)29-16-2-1-3-17-29/h4-11,21H,1-3,12-19H2,(H,28,31). The minimum Gasteiger partial charge on any atom is -0.372 e. The number of carbonyl (C=O) groups is 2. The molecule has 2 fully saturated rings. The van der Waals surface area contributed by atoms with Crippen molar-refractivity contribution in [1.29, 1.82) is 0 Å². The van der Waals surface area contributed by atoms with Crippen LogP contribution >= 0.6 is 0 Å². The van der Waals surface area contributed by atoms with Crippen LogP contribution in [0.5, 0.6) is 0 Å². The monoisotopic (exact) mass is 437 g/mol. The summed E-state index contributed by atoms with van der Waals surface area (Å²) < 4.78 is 13.1. The molecule has 0 saturated carbocycles. The van der Waals surface area contributed by atoms with Crippen LogP contribution in [-0.2, 0) is 11.2 Å². The molecule has 2 amide bonds. The molecule has 0 atom stereocenters. The first kappa shape index (κ1) is 22.3. The van der Waals surface area contributed by atoms with Crippen molar-refractivity contribution in [2.24, 2.45) is 5.92 Å². The number of rotatable bonds is 6. The maximum absolute atomic E-state index is 13.1. The summed E-state index contributed by atoms with van der Waals surface area (Å²) in [6.07, 6.45) is 6.00. The van der Waals surface area contributed by atoms with Gasteiger partial charge in [-0.1, -0.05) is 12.1 Å². The summed E-state index contributed by atoms with van der Waals surface area (Å²) in [6.45, 7) is 4.00. The Kier molecular flexibility index (Phi) is 7.40. The summed E-state index contributed by atoms with van der Waals surface area (Å²) >= 11 is 0. The number of piperidine rings is 2. The highest BCUT2D eigenvalue weighted by Crippen LogP contribution is 2.21. The van der Waals surface area contributed by atoms with E-state index in [1.165, 1.54) is 54.8 Å². The Balaban J connectivity index is 1.18. The van der Waals surface area contributed by atoms with Gasteiger partial charge in [0.15, 0.2) is 0 Å². The topological polar surface area (TPSA) is 52.7 Å². The molecule has 2 aliphatic rings. The number of halogens is 1. The van der Waals surface area contributed by atoms with E-state index in [4.69, 9.17) is 0 Å². The van der Waals surface area contributed by atoms with E-state index in [0.717, 1.165) is 19.5 Å². The molecule has 0 aliphatic carbocycles. The highest BCUT2D eigenvalue weighted by molar-refractivity contribution is 5.94. The molecule has 32 heavy (non-hydrogen) atoms. The molecule has 2 aromatic rings. The van der Waals surface area contributed by atoms with Crippen molar-refractivity contribution in [2.45, 2.75) is 38.5 Å². The number of carbonyl (C=O) groups excluding carboxylic acids is 2. The van der Waals surface area contributed by atoms with Gasteiger partial charge in [0, 0.05) is 49.9 Å². The zero-order chi connectivity index (χ0) is 22.3. The summed E-state index contributed by atoms with van der Waals surface area (Å²) in [5, 5.41) is 3.07. The molecule has 2 aromatic carbocycles. The predicted molar refractivity (Wildman–Crippen MR) is 124 cm³/mol. The van der Waals surface area contributed by atoms with Gasteiger partial charge in [-0.3, -0.25) is 9.59 Å². The molecule has 0 spiro atoms. The molecule has 0 unspecified atom stereocenters. The lowest BCUT2D eigenvalue weighted by atomic mass is 9.95. The van der Waals surface area contributed by atoms with E-state index in [-0.39, 0.29) is 23.5 Å². The Hall–Kier alpha value is -2.89. The normalized spacial score (nSPS) is 17.3. The summed E-state index contributed by atoms with van der Waals surface area (Å²) in [7, 11) is 0. The molecular weight excluding hydrogens is 405 g/mol. The number of anilines is 1. The van der Waals surface area contributed by atoms with Crippen LogP contribution in [-0.4, -0.2) is 49.4 Å². The second-order valence-electron chi connectivity index (χ2n) is 8.83. The lowest BCUT2D eigenvalue weighted by molar-refractivity contribution is -0.126. The Morgan fingerprint density at radius 3 is 2.19 bits per heavy atom. The third kappa shape index (κ3) is 5.67. The first-order valence-electron chi connectivity index (χ1n) is 11.8. The van der Waals surface area contributed by atoms with Gasteiger partial charge < -0.3 is 15.1 Å². The second kappa shape index (κ2) is 10.6. The fourth-order valence-corrected chi connectivity index (χ4v) is 4.62. The number of benzene rings is 2. The van der Waals surface area contributed by atoms with E-state index in [1.54, 1.807) is 4.90 Å². The van der Waals surface area contributed by atoms with E-state index in [1.807, 2.05) is 0 Å². The molecule has 0 aromatic heterocycles. The highest BCUT2D eigenvalue weighted by Gasteiger charge is 2.27. The van der Waals surface area contributed by atoms with Crippen molar-refractivity contribution in [3.63, 3.8) is 0 Å². The fraction of sp³-hybridized carbons (Fsp3) is 0.462. The molecule has 170 valence electrons. The van der Waals surface area contributed by atoms with Crippen LogP contribution in [0.25, 0.3) is 0 Å². The van der Waals surface area contributed by atoms with Gasteiger partial charge in [-0.25, -0.2) is 4.39 Å². The maximum Gasteiger partial charge on any atom is 0.253 e. The summed E-state index contributed by atoms with van der Waals surface area (Å²) in [4.78, 5) is 29.3. The second-order valence-corrected chi connectivity index (χ2v) is 8.83. The first-order valence-corrected chi connectivity index (χ1v) is 11.8. The number of nitrogens with one attached hydrogen (secondary N) is 1. The van der Waals surface area contributed by atoms with Crippen molar-refractivity contribution >= 4 is 17.5 Å². The Morgan fingerprint density at radius 2 is 1.53 bits per heavy atom. The van der Waals surface area contributed by atoms with Crippen LogP contribution in [0.2, 0.25) is 0 Å². The third-order valence-electron chi connectivity index (χ3n) is 6.61. The molecule has 2 aliphatic heterocycles. The van der Waals surface area contributed by atoms with E-state index in [2.05, 4.69) is 34.5 Å². The van der Waals surface area contributed by atoms with Gasteiger partial charge in [0.25, 0.3) is 5.91 Å². The lowest BCUT2D eigenvalue weighted by Crippen LogP contribution is -2.43. The Labute approximate surface area is 189 Å². The highest BCUT2D eigenvalue weighted by atomic mass is 19.1. The molecule has 4 rings (SSSR count). The third-order valence-corrected chi connectivity index (χ3v) is 6.61. The van der Waals surface area contributed by atoms with Crippen molar-refractivity contribution in [3.05, 3.63) is 65.5 Å². The number of hydrogen-bond donors (Lipinski definition) is 1. The zero-order valence-corrected chi connectivity index (χ0v) is 18.6. The first-order chi connectivity index (χ1) is 15.6. The van der Waals surface area contributed by atoms with E-state index in [0.29, 0.717) is 38.0 Å². The number of likely N-dealkylation sites (tertiary alicyclic amines) is 1. The summed E-state index contributed by atoms with van der Waals surface area (Å²) in [6, 6.07) is 14.3.